The minimum absolute atomic E-state index is 0.318. The second-order valence-corrected chi connectivity index (χ2v) is 6.78. The van der Waals surface area contributed by atoms with E-state index in [1.54, 1.807) is 14.2 Å². The number of quaternary nitrogens is 1. The average Bonchev–Trinajstić information content (AvgIpc) is 3.02. The van der Waals surface area contributed by atoms with Crippen LogP contribution >= 0.6 is 0 Å². The Morgan fingerprint density at radius 2 is 1.38 bits per heavy atom. The summed E-state index contributed by atoms with van der Waals surface area (Å²) in [7, 11) is 5.64. The van der Waals surface area contributed by atoms with E-state index in [2.05, 4.69) is 61.6 Å². The largest absolute Gasteiger partial charge is 0.493 e. The van der Waals surface area contributed by atoms with E-state index in [-0.39, 0.29) is 0 Å². The molecule has 0 bridgehead atoms. The van der Waals surface area contributed by atoms with Crippen LogP contribution < -0.4 is 14.4 Å². The summed E-state index contributed by atoms with van der Waals surface area (Å²) < 4.78 is 11.1. The predicted octanol–water partition coefficient (Wildman–Crippen LogP) is 3.49. The zero-order chi connectivity index (χ0) is 18.1. The van der Waals surface area contributed by atoms with Gasteiger partial charge in [0.05, 0.1) is 26.8 Å². The van der Waals surface area contributed by atoms with E-state index < -0.39 is 0 Å². The lowest BCUT2D eigenvalue weighted by atomic mass is 10.0. The van der Waals surface area contributed by atoms with Crippen molar-refractivity contribution in [3.63, 3.8) is 0 Å². The van der Waals surface area contributed by atoms with Crippen LogP contribution in [0.25, 0.3) is 11.1 Å². The molecule has 26 heavy (non-hydrogen) atoms. The zero-order valence-corrected chi connectivity index (χ0v) is 15.5. The van der Waals surface area contributed by atoms with Crippen molar-refractivity contribution in [2.75, 3.05) is 21.3 Å². The highest BCUT2D eigenvalue weighted by molar-refractivity contribution is 5.77. The van der Waals surface area contributed by atoms with Gasteiger partial charge in [0, 0.05) is 11.1 Å². The standard InChI is InChI=1S/C23H23NO2/c1-24(15-16-9-8-14-21(25-2)23(16)26-3)22-19-12-6-4-10-17(19)18-11-5-7-13-20(18)22/h4-14,22H,15H2,1-3H3/p+1. The second kappa shape index (κ2) is 6.85. The van der Waals surface area contributed by atoms with Crippen molar-refractivity contribution in [1.29, 1.82) is 0 Å². The van der Waals surface area contributed by atoms with Gasteiger partial charge in [-0.05, 0) is 23.3 Å². The Kier molecular flexibility index (Phi) is 4.39. The van der Waals surface area contributed by atoms with Crippen LogP contribution in [0.4, 0.5) is 0 Å². The number of methoxy groups -OCH3 is 2. The lowest BCUT2D eigenvalue weighted by Gasteiger charge is -2.24. The highest BCUT2D eigenvalue weighted by atomic mass is 16.5. The lowest BCUT2D eigenvalue weighted by Crippen LogP contribution is -3.07. The Bertz CT molecular complexity index is 889. The van der Waals surface area contributed by atoms with Crippen molar-refractivity contribution >= 4 is 0 Å². The Labute approximate surface area is 154 Å². The van der Waals surface area contributed by atoms with Gasteiger partial charge in [0.15, 0.2) is 11.5 Å². The summed E-state index contributed by atoms with van der Waals surface area (Å²) in [6.45, 7) is 0.855. The van der Waals surface area contributed by atoms with Gasteiger partial charge in [-0.2, -0.15) is 0 Å². The molecule has 0 saturated heterocycles. The minimum Gasteiger partial charge on any atom is -0.493 e. The highest BCUT2D eigenvalue weighted by Crippen LogP contribution is 2.41. The molecular formula is C23H24NO2+. The molecule has 0 amide bonds. The number of fused-ring (bicyclic) bond motifs is 3. The number of hydrogen-bond acceptors (Lipinski definition) is 2. The molecule has 0 radical (unpaired) electrons. The number of rotatable bonds is 5. The molecule has 0 heterocycles. The van der Waals surface area contributed by atoms with Crippen molar-refractivity contribution < 1.29 is 14.4 Å². The summed E-state index contributed by atoms with van der Waals surface area (Å²) >= 11 is 0. The molecule has 3 heteroatoms. The van der Waals surface area contributed by atoms with E-state index in [4.69, 9.17) is 9.47 Å². The van der Waals surface area contributed by atoms with Gasteiger partial charge in [-0.3, -0.25) is 0 Å². The van der Waals surface area contributed by atoms with E-state index in [1.165, 1.54) is 27.2 Å². The van der Waals surface area contributed by atoms with Crippen LogP contribution in [-0.2, 0) is 6.54 Å². The molecule has 0 saturated carbocycles. The summed E-state index contributed by atoms with van der Waals surface area (Å²) in [5, 5.41) is 0. The fourth-order valence-electron chi connectivity index (χ4n) is 4.18. The molecule has 3 aromatic rings. The Morgan fingerprint density at radius 3 is 1.96 bits per heavy atom. The van der Waals surface area contributed by atoms with Gasteiger partial charge >= 0.3 is 0 Å². The van der Waals surface area contributed by atoms with Gasteiger partial charge in [0.25, 0.3) is 0 Å². The third-order valence-corrected chi connectivity index (χ3v) is 5.28. The normalized spacial score (nSPS) is 13.8. The second-order valence-electron chi connectivity index (χ2n) is 6.78. The molecule has 1 N–H and O–H groups in total. The Balaban J connectivity index is 1.73. The van der Waals surface area contributed by atoms with E-state index in [0.717, 1.165) is 23.6 Å². The van der Waals surface area contributed by atoms with Gasteiger partial charge in [0.1, 0.15) is 12.6 Å². The van der Waals surface area contributed by atoms with Gasteiger partial charge in [-0.25, -0.2) is 0 Å². The van der Waals surface area contributed by atoms with Crippen LogP contribution in [0, 0.1) is 0 Å². The smallest absolute Gasteiger partial charge is 0.169 e. The first-order chi connectivity index (χ1) is 12.7. The lowest BCUT2D eigenvalue weighted by molar-refractivity contribution is -0.919. The van der Waals surface area contributed by atoms with Crippen molar-refractivity contribution in [1.82, 2.24) is 0 Å². The van der Waals surface area contributed by atoms with Gasteiger partial charge in [-0.1, -0.05) is 54.6 Å². The Hall–Kier alpha value is -2.78. The molecule has 0 spiro atoms. The van der Waals surface area contributed by atoms with Crippen molar-refractivity contribution in [3.05, 3.63) is 83.4 Å². The molecule has 3 aromatic carbocycles. The Morgan fingerprint density at radius 1 is 0.769 bits per heavy atom. The van der Waals surface area contributed by atoms with Crippen LogP contribution in [0.15, 0.2) is 66.7 Å². The van der Waals surface area contributed by atoms with Crippen LogP contribution in [0.3, 0.4) is 0 Å². The number of para-hydroxylation sites is 1. The third kappa shape index (κ3) is 2.65. The van der Waals surface area contributed by atoms with Crippen LogP contribution in [0.1, 0.15) is 22.7 Å². The number of nitrogens with one attached hydrogen (secondary N) is 1. The number of ether oxygens (including phenoxy) is 2. The molecule has 0 fully saturated rings. The summed E-state index contributed by atoms with van der Waals surface area (Å²) in [4.78, 5) is 1.41. The maximum atomic E-state index is 5.63. The minimum atomic E-state index is 0.318. The first-order valence-corrected chi connectivity index (χ1v) is 8.95. The van der Waals surface area contributed by atoms with Gasteiger partial charge in [0.2, 0.25) is 0 Å². The van der Waals surface area contributed by atoms with Crippen LogP contribution in [-0.4, -0.2) is 21.3 Å². The van der Waals surface area contributed by atoms with Crippen molar-refractivity contribution in [3.8, 4) is 22.6 Å². The van der Waals surface area contributed by atoms with E-state index in [0.29, 0.717) is 6.04 Å². The average molecular weight is 346 g/mol. The van der Waals surface area contributed by atoms with E-state index in [1.807, 2.05) is 12.1 Å². The maximum Gasteiger partial charge on any atom is 0.169 e. The third-order valence-electron chi connectivity index (χ3n) is 5.28. The first kappa shape index (κ1) is 16.7. The predicted molar refractivity (Wildman–Crippen MR) is 104 cm³/mol. The number of hydrogen-bond donors (Lipinski definition) is 1. The van der Waals surface area contributed by atoms with Crippen molar-refractivity contribution in [2.24, 2.45) is 0 Å². The fourth-order valence-corrected chi connectivity index (χ4v) is 4.18. The molecular weight excluding hydrogens is 322 g/mol. The van der Waals surface area contributed by atoms with Crippen LogP contribution in [0.2, 0.25) is 0 Å². The SMILES string of the molecule is COc1cccc(C[NH+](C)C2c3ccccc3-c3ccccc32)c1OC. The molecule has 1 unspecified atom stereocenters. The molecule has 1 aliphatic rings. The van der Waals surface area contributed by atoms with Crippen molar-refractivity contribution in [2.45, 2.75) is 12.6 Å². The molecule has 1 aliphatic carbocycles. The molecule has 0 aromatic heterocycles. The summed E-state index contributed by atoms with van der Waals surface area (Å²) in [6, 6.07) is 23.9. The molecule has 0 aliphatic heterocycles. The van der Waals surface area contributed by atoms with Gasteiger partial charge < -0.3 is 14.4 Å². The van der Waals surface area contributed by atoms with Gasteiger partial charge in [-0.15, -0.1) is 0 Å². The topological polar surface area (TPSA) is 22.9 Å². The zero-order valence-electron chi connectivity index (χ0n) is 15.5. The van der Waals surface area contributed by atoms with E-state index >= 15 is 0 Å². The number of benzene rings is 3. The summed E-state index contributed by atoms with van der Waals surface area (Å²) in [5.41, 5.74) is 6.66. The first-order valence-electron chi connectivity index (χ1n) is 8.95. The molecule has 1 atom stereocenters. The molecule has 132 valence electrons. The quantitative estimate of drug-likeness (QED) is 0.764. The molecule has 4 rings (SSSR count). The fraction of sp³-hybridized carbons (Fsp3) is 0.217. The summed E-state index contributed by atoms with van der Waals surface area (Å²) in [5.74, 6) is 1.61. The highest BCUT2D eigenvalue weighted by Gasteiger charge is 2.34. The molecule has 3 nitrogen and oxygen atoms in total. The maximum absolute atomic E-state index is 5.63. The van der Waals surface area contributed by atoms with E-state index in [9.17, 15) is 0 Å². The van der Waals surface area contributed by atoms with Crippen LogP contribution in [0.5, 0.6) is 11.5 Å². The monoisotopic (exact) mass is 346 g/mol. The summed E-state index contributed by atoms with van der Waals surface area (Å²) in [6.07, 6.45) is 0.